The van der Waals surface area contributed by atoms with Crippen molar-refractivity contribution in [2.24, 2.45) is 0 Å². The maximum Gasteiger partial charge on any atom is 0.247 e. The molecule has 2 nitrogen and oxygen atoms in total. The van der Waals surface area contributed by atoms with Crippen LogP contribution in [0.3, 0.4) is 0 Å². The number of carbonyl (C=O) groups is 1. The Morgan fingerprint density at radius 2 is 1.59 bits per heavy atom. The first-order chi connectivity index (χ1) is 8.26. The fraction of sp³-hybridized carbons (Fsp3) is 0.769. The van der Waals surface area contributed by atoms with E-state index >= 15 is 0 Å². The van der Waals surface area contributed by atoms with Crippen LogP contribution in [0.4, 0.5) is 0 Å². The average Bonchev–Trinajstić information content (AvgIpc) is 2.36. The highest BCUT2D eigenvalue weighted by molar-refractivity contribution is 8.00. The van der Waals surface area contributed by atoms with Gasteiger partial charge in [-0.05, 0) is 30.4 Å². The van der Waals surface area contributed by atoms with E-state index in [4.69, 9.17) is 0 Å². The van der Waals surface area contributed by atoms with Gasteiger partial charge in [-0.3, -0.25) is 4.79 Å². The Bertz CT molecular complexity index is 198. The maximum atomic E-state index is 11.6. The monoisotopic (exact) mass is 275 g/mol. The highest BCUT2D eigenvalue weighted by Gasteiger charge is 2.09. The summed E-state index contributed by atoms with van der Waals surface area (Å²) in [5, 5.41) is 0. The molecular weight excluding hydrogens is 250 g/mol. The smallest absolute Gasteiger partial charge is 0.247 e. The van der Waals surface area contributed by atoms with Crippen molar-refractivity contribution in [3.05, 3.63) is 12.7 Å². The first-order valence-corrected chi connectivity index (χ1v) is 8.64. The van der Waals surface area contributed by atoms with Crippen molar-refractivity contribution >= 4 is 29.4 Å². The molecule has 0 aliphatic rings. The fourth-order valence-electron chi connectivity index (χ4n) is 1.14. The molecule has 0 spiro atoms. The van der Waals surface area contributed by atoms with Gasteiger partial charge < -0.3 is 4.90 Å². The molecule has 0 fully saturated rings. The molecule has 0 radical (unpaired) electrons. The second-order valence-electron chi connectivity index (χ2n) is 3.86. The van der Waals surface area contributed by atoms with Crippen LogP contribution in [0.15, 0.2) is 12.7 Å². The predicted molar refractivity (Wildman–Crippen MR) is 81.5 cm³/mol. The molecule has 0 aliphatic heterocycles. The van der Waals surface area contributed by atoms with Crippen LogP contribution in [0.1, 0.15) is 39.5 Å². The van der Waals surface area contributed by atoms with E-state index in [2.05, 4.69) is 20.4 Å². The van der Waals surface area contributed by atoms with Gasteiger partial charge >= 0.3 is 0 Å². The van der Waals surface area contributed by atoms with E-state index in [0.717, 1.165) is 23.3 Å². The number of thioether (sulfide) groups is 2. The summed E-state index contributed by atoms with van der Waals surface area (Å²) < 4.78 is 0. The third-order valence-corrected chi connectivity index (χ3v) is 4.41. The molecule has 0 aliphatic carbocycles. The Hall–Kier alpha value is -0.0900. The third kappa shape index (κ3) is 9.60. The molecule has 0 heterocycles. The van der Waals surface area contributed by atoms with E-state index in [1.165, 1.54) is 31.8 Å². The standard InChI is InChI=1S/C13H25NOS2/c1-4-7-9-16-11-14(13(15)6-3)12-17-10-8-5-2/h6H,3-5,7-12H2,1-2H3. The van der Waals surface area contributed by atoms with Gasteiger partial charge in [-0.1, -0.05) is 33.3 Å². The highest BCUT2D eigenvalue weighted by atomic mass is 32.2. The minimum absolute atomic E-state index is 0.0537. The number of hydrogen-bond donors (Lipinski definition) is 0. The van der Waals surface area contributed by atoms with Gasteiger partial charge in [0.1, 0.15) is 0 Å². The molecule has 0 rings (SSSR count). The topological polar surface area (TPSA) is 20.3 Å². The SMILES string of the molecule is C=CC(=O)N(CSCCCC)CSCCCC. The van der Waals surface area contributed by atoms with Gasteiger partial charge in [0.15, 0.2) is 0 Å². The number of carbonyl (C=O) groups excluding carboxylic acids is 1. The molecule has 0 unspecified atom stereocenters. The molecule has 0 aromatic heterocycles. The van der Waals surface area contributed by atoms with Gasteiger partial charge in [0.05, 0.1) is 11.8 Å². The summed E-state index contributed by atoms with van der Waals surface area (Å²) in [4.78, 5) is 13.5. The summed E-state index contributed by atoms with van der Waals surface area (Å²) in [6, 6.07) is 0. The van der Waals surface area contributed by atoms with Gasteiger partial charge in [-0.25, -0.2) is 0 Å². The predicted octanol–water partition coefficient (Wildman–Crippen LogP) is 3.98. The van der Waals surface area contributed by atoms with E-state index in [9.17, 15) is 4.79 Å². The molecule has 0 saturated carbocycles. The van der Waals surface area contributed by atoms with Gasteiger partial charge in [-0.15, -0.1) is 23.5 Å². The van der Waals surface area contributed by atoms with E-state index in [-0.39, 0.29) is 5.91 Å². The first kappa shape index (κ1) is 16.9. The lowest BCUT2D eigenvalue weighted by atomic mass is 10.4. The molecule has 17 heavy (non-hydrogen) atoms. The molecule has 0 aromatic rings. The van der Waals surface area contributed by atoms with Crippen LogP contribution in [0.5, 0.6) is 0 Å². The van der Waals surface area contributed by atoms with Crippen LogP contribution in [-0.4, -0.2) is 34.1 Å². The number of rotatable bonds is 11. The Kier molecular flexibility index (Phi) is 12.3. The molecule has 0 N–H and O–H groups in total. The van der Waals surface area contributed by atoms with Gasteiger partial charge in [0.2, 0.25) is 5.91 Å². The van der Waals surface area contributed by atoms with E-state index in [0.29, 0.717) is 0 Å². The van der Waals surface area contributed by atoms with Crippen LogP contribution in [-0.2, 0) is 4.79 Å². The van der Waals surface area contributed by atoms with Crippen molar-refractivity contribution in [1.82, 2.24) is 4.90 Å². The summed E-state index contributed by atoms with van der Waals surface area (Å²) in [5.74, 6) is 3.92. The van der Waals surface area contributed by atoms with E-state index in [1.807, 2.05) is 28.4 Å². The van der Waals surface area contributed by atoms with Crippen molar-refractivity contribution in [2.75, 3.05) is 23.3 Å². The van der Waals surface area contributed by atoms with Crippen molar-refractivity contribution in [3.8, 4) is 0 Å². The van der Waals surface area contributed by atoms with Crippen LogP contribution in [0, 0.1) is 0 Å². The summed E-state index contributed by atoms with van der Waals surface area (Å²) in [7, 11) is 0. The van der Waals surface area contributed by atoms with Crippen LogP contribution in [0.25, 0.3) is 0 Å². The van der Waals surface area contributed by atoms with Crippen molar-refractivity contribution in [1.29, 1.82) is 0 Å². The van der Waals surface area contributed by atoms with Gasteiger partial charge in [0, 0.05) is 0 Å². The van der Waals surface area contributed by atoms with Crippen LogP contribution in [0.2, 0.25) is 0 Å². The minimum Gasteiger partial charge on any atom is -0.321 e. The highest BCUT2D eigenvalue weighted by Crippen LogP contribution is 2.13. The Morgan fingerprint density at radius 3 is 1.94 bits per heavy atom. The van der Waals surface area contributed by atoms with Crippen molar-refractivity contribution in [3.63, 3.8) is 0 Å². The summed E-state index contributed by atoms with van der Waals surface area (Å²) in [5.41, 5.74) is 0. The summed E-state index contributed by atoms with van der Waals surface area (Å²) in [6.07, 6.45) is 6.30. The largest absolute Gasteiger partial charge is 0.321 e. The number of nitrogens with zero attached hydrogens (tertiary/aromatic N) is 1. The lowest BCUT2D eigenvalue weighted by Crippen LogP contribution is -2.29. The molecule has 1 amide bonds. The average molecular weight is 275 g/mol. The minimum atomic E-state index is 0.0537. The number of hydrogen-bond acceptors (Lipinski definition) is 3. The Labute approximate surface area is 115 Å². The Morgan fingerprint density at radius 1 is 1.12 bits per heavy atom. The summed E-state index contributed by atoms with van der Waals surface area (Å²) in [6.45, 7) is 7.94. The second kappa shape index (κ2) is 12.4. The maximum absolute atomic E-state index is 11.6. The number of amides is 1. The van der Waals surface area contributed by atoms with Crippen molar-refractivity contribution in [2.45, 2.75) is 39.5 Å². The lowest BCUT2D eigenvalue weighted by Gasteiger charge is -2.20. The van der Waals surface area contributed by atoms with E-state index < -0.39 is 0 Å². The van der Waals surface area contributed by atoms with Crippen molar-refractivity contribution < 1.29 is 4.79 Å². The van der Waals surface area contributed by atoms with Crippen LogP contribution >= 0.6 is 23.5 Å². The fourth-order valence-corrected chi connectivity index (χ4v) is 3.37. The molecule has 0 aromatic carbocycles. The molecule has 0 atom stereocenters. The normalized spacial score (nSPS) is 10.2. The third-order valence-electron chi connectivity index (χ3n) is 2.26. The quantitative estimate of drug-likeness (QED) is 0.323. The van der Waals surface area contributed by atoms with Gasteiger partial charge in [-0.2, -0.15) is 0 Å². The zero-order chi connectivity index (χ0) is 12.9. The molecule has 4 heteroatoms. The van der Waals surface area contributed by atoms with Gasteiger partial charge in [0.25, 0.3) is 0 Å². The molecular formula is C13H25NOS2. The second-order valence-corrected chi connectivity index (χ2v) is 6.01. The zero-order valence-electron chi connectivity index (χ0n) is 11.1. The Balaban J connectivity index is 3.80. The number of unbranched alkanes of at least 4 members (excludes halogenated alkanes) is 2. The molecule has 100 valence electrons. The molecule has 0 bridgehead atoms. The zero-order valence-corrected chi connectivity index (χ0v) is 12.7. The molecule has 0 saturated heterocycles. The van der Waals surface area contributed by atoms with Crippen LogP contribution < -0.4 is 0 Å². The lowest BCUT2D eigenvalue weighted by molar-refractivity contribution is -0.124. The summed E-state index contributed by atoms with van der Waals surface area (Å²) >= 11 is 3.67. The first-order valence-electron chi connectivity index (χ1n) is 6.33. The van der Waals surface area contributed by atoms with E-state index in [1.54, 1.807) is 0 Å².